The Morgan fingerprint density at radius 2 is 0.826 bits per heavy atom. The van der Waals surface area contributed by atoms with Gasteiger partial charge in [0.2, 0.25) is 23.8 Å². The van der Waals surface area contributed by atoms with E-state index < -0.39 is 23.8 Å². The highest BCUT2D eigenvalue weighted by molar-refractivity contribution is 6.11. The molecule has 2 heterocycles. The second kappa shape index (κ2) is 10.4. The molecule has 0 radical (unpaired) electrons. The van der Waals surface area contributed by atoms with E-state index in [1.807, 2.05) is 12.1 Å². The number of fused-ring (bicyclic) bond motifs is 6. The van der Waals surface area contributed by atoms with Crippen LogP contribution in [0.15, 0.2) is 84.2 Å². The lowest BCUT2D eigenvalue weighted by Crippen LogP contribution is -1.92. The van der Waals surface area contributed by atoms with Crippen LogP contribution in [0, 0.1) is 59.6 Å². The summed E-state index contributed by atoms with van der Waals surface area (Å²) in [6.45, 7) is 15.5. The molecule has 0 amide bonds. The van der Waals surface area contributed by atoms with Gasteiger partial charge in [-0.25, -0.2) is 20.2 Å². The zero-order chi connectivity index (χ0) is 32.3. The Hall–Kier alpha value is -6.88. The molecule has 0 bridgehead atoms. The van der Waals surface area contributed by atoms with E-state index in [1.165, 1.54) is 0 Å². The number of pyridine rings is 2. The Morgan fingerprint density at radius 3 is 1.15 bits per heavy atom. The summed E-state index contributed by atoms with van der Waals surface area (Å²) in [6, 6.07) is 21.8. The molecule has 214 valence electrons. The number of benzene rings is 3. The van der Waals surface area contributed by atoms with Crippen LogP contribution in [0.1, 0.15) is 22.3 Å². The molecule has 2 aromatic heterocycles. The smallest absolute Gasteiger partial charge is 0.226 e. The molecule has 0 spiro atoms. The van der Waals surface area contributed by atoms with E-state index in [-0.39, 0.29) is 22.5 Å². The molecule has 0 saturated carbocycles. The summed E-state index contributed by atoms with van der Waals surface area (Å²) in [7, 11) is 0. The van der Waals surface area contributed by atoms with Crippen molar-refractivity contribution >= 4 is 11.1 Å². The highest BCUT2D eigenvalue weighted by Gasteiger charge is 2.33. The normalized spacial score (nSPS) is 14.1. The van der Waals surface area contributed by atoms with Crippen molar-refractivity contribution in [1.29, 1.82) is 10.5 Å². The lowest BCUT2D eigenvalue weighted by atomic mass is 9.95. The van der Waals surface area contributed by atoms with Gasteiger partial charge in [-0.15, -0.1) is 0 Å². The topological polar surface area (TPSA) is 82.1 Å². The minimum absolute atomic E-state index is 0.200. The van der Waals surface area contributed by atoms with Gasteiger partial charge in [-0.05, 0) is 91.0 Å². The van der Waals surface area contributed by atoms with Crippen LogP contribution in [-0.4, -0.2) is 9.97 Å². The first-order valence-corrected chi connectivity index (χ1v) is 13.4. The zero-order valence-corrected chi connectivity index (χ0v) is 23.1. The van der Waals surface area contributed by atoms with Crippen molar-refractivity contribution in [2.75, 3.05) is 0 Å². The zero-order valence-electron chi connectivity index (χ0n) is 23.1. The van der Waals surface area contributed by atoms with Crippen molar-refractivity contribution in [3.8, 4) is 56.6 Å². The number of nitrogens with zero attached hydrogens (tertiary/aromatic N) is 6. The van der Waals surface area contributed by atoms with E-state index in [9.17, 15) is 28.1 Å². The van der Waals surface area contributed by atoms with Crippen molar-refractivity contribution in [3.05, 3.63) is 153 Å². The van der Waals surface area contributed by atoms with Gasteiger partial charge in [0.1, 0.15) is 0 Å². The molecule has 0 saturated heterocycles. The standard InChI is InChI=1S/C36H12F4N6/c1-43-29(15-41)35-25-7-17(19-9-31(37)45-32(38)10-19)3-5-21(25)23-14-28-24(13-27(23)35)22-6-4-18(20-11-33(39)46-34(40)12-20)8-26(22)36(28)30(16-42)44-2/h3-14H/b35-29-,36-30-. The maximum Gasteiger partial charge on any atom is 0.270 e. The van der Waals surface area contributed by atoms with Gasteiger partial charge in [0.15, 0.2) is 0 Å². The van der Waals surface area contributed by atoms with Crippen LogP contribution in [0.3, 0.4) is 0 Å². The summed E-state index contributed by atoms with van der Waals surface area (Å²) < 4.78 is 55.8. The molecule has 7 rings (SSSR count). The monoisotopic (exact) mass is 604 g/mol. The van der Waals surface area contributed by atoms with Crippen molar-refractivity contribution in [2.45, 2.75) is 0 Å². The summed E-state index contributed by atoms with van der Waals surface area (Å²) in [4.78, 5) is 13.2. The summed E-state index contributed by atoms with van der Waals surface area (Å²) in [5.41, 5.74) is 6.11. The Balaban J connectivity index is 1.49. The quantitative estimate of drug-likeness (QED) is 0.0855. The van der Waals surface area contributed by atoms with E-state index in [1.54, 1.807) is 48.5 Å². The van der Waals surface area contributed by atoms with Crippen molar-refractivity contribution in [2.24, 2.45) is 0 Å². The SMILES string of the molecule is [C-]#[N+]/C(C#N)=C1/c2cc(-c3cc(F)nc(F)c3)ccc2-c2cc3c(cc21)-c1ccc(-c2cc(F)nc(F)c2)cc1/C3=C(\C#N)[N+]#[C-]. The lowest BCUT2D eigenvalue weighted by molar-refractivity contribution is 0.512. The average molecular weight is 605 g/mol. The van der Waals surface area contributed by atoms with E-state index in [0.717, 1.165) is 24.3 Å². The Kier molecular flexibility index (Phi) is 6.30. The van der Waals surface area contributed by atoms with Crippen LogP contribution in [0.25, 0.3) is 65.3 Å². The molecular formula is C36H12F4N6. The van der Waals surface area contributed by atoms with E-state index in [4.69, 9.17) is 13.1 Å². The Morgan fingerprint density at radius 1 is 0.478 bits per heavy atom. The van der Waals surface area contributed by atoms with Gasteiger partial charge in [-0.2, -0.15) is 27.5 Å². The maximum atomic E-state index is 14.0. The summed E-state index contributed by atoms with van der Waals surface area (Å²) in [5, 5.41) is 19.9. The van der Waals surface area contributed by atoms with Crippen molar-refractivity contribution in [3.63, 3.8) is 0 Å². The molecule has 2 aliphatic carbocycles. The first-order chi connectivity index (χ1) is 22.2. The third kappa shape index (κ3) is 4.22. The van der Waals surface area contributed by atoms with Crippen LogP contribution in [0.4, 0.5) is 17.6 Å². The fourth-order valence-electron chi connectivity index (χ4n) is 6.13. The molecule has 0 unspecified atom stereocenters. The molecular weight excluding hydrogens is 592 g/mol. The van der Waals surface area contributed by atoms with Gasteiger partial charge in [0, 0.05) is 35.4 Å². The van der Waals surface area contributed by atoms with Crippen molar-refractivity contribution < 1.29 is 17.6 Å². The minimum Gasteiger partial charge on any atom is -0.226 e. The number of hydrogen-bond acceptors (Lipinski definition) is 4. The molecule has 0 atom stereocenters. The third-order valence-corrected chi connectivity index (χ3v) is 7.96. The van der Waals surface area contributed by atoms with Gasteiger partial charge in [-0.1, -0.05) is 24.3 Å². The number of halogens is 4. The molecule has 0 N–H and O–H groups in total. The molecule has 0 fully saturated rings. The third-order valence-electron chi connectivity index (χ3n) is 7.96. The highest BCUT2D eigenvalue weighted by atomic mass is 19.1. The van der Waals surface area contributed by atoms with E-state index >= 15 is 0 Å². The molecule has 2 aliphatic rings. The maximum absolute atomic E-state index is 14.0. The molecule has 3 aromatic carbocycles. The highest BCUT2D eigenvalue weighted by Crippen LogP contribution is 2.54. The lowest BCUT2D eigenvalue weighted by Gasteiger charge is -2.09. The first-order valence-electron chi connectivity index (χ1n) is 13.4. The molecule has 10 heteroatoms. The van der Waals surface area contributed by atoms with Gasteiger partial charge < -0.3 is 0 Å². The van der Waals surface area contributed by atoms with E-state index in [0.29, 0.717) is 66.8 Å². The van der Waals surface area contributed by atoms with Crippen LogP contribution < -0.4 is 0 Å². The molecule has 46 heavy (non-hydrogen) atoms. The Labute approximate surface area is 258 Å². The predicted octanol–water partition coefficient (Wildman–Crippen LogP) is 8.73. The second-order valence-corrected chi connectivity index (χ2v) is 10.4. The fraction of sp³-hybridized carbons (Fsp3) is 0. The van der Waals surface area contributed by atoms with Gasteiger partial charge >= 0.3 is 0 Å². The molecule has 5 aromatic rings. The first kappa shape index (κ1) is 27.9. The Bertz CT molecular complexity index is 2220. The number of nitriles is 2. The predicted molar refractivity (Wildman–Crippen MR) is 160 cm³/mol. The largest absolute Gasteiger partial charge is 0.270 e. The van der Waals surface area contributed by atoms with Crippen LogP contribution in [-0.2, 0) is 0 Å². The van der Waals surface area contributed by atoms with Gasteiger partial charge in [0.05, 0.1) is 25.3 Å². The minimum atomic E-state index is -1.00. The van der Waals surface area contributed by atoms with Crippen LogP contribution in [0.5, 0.6) is 0 Å². The number of rotatable bonds is 2. The summed E-state index contributed by atoms with van der Waals surface area (Å²) >= 11 is 0. The van der Waals surface area contributed by atoms with Crippen LogP contribution >= 0.6 is 0 Å². The summed E-state index contributed by atoms with van der Waals surface area (Å²) in [5.74, 6) is -4.01. The van der Waals surface area contributed by atoms with E-state index in [2.05, 4.69) is 19.7 Å². The second-order valence-electron chi connectivity index (χ2n) is 10.4. The van der Waals surface area contributed by atoms with Gasteiger partial charge in [-0.3, -0.25) is 0 Å². The van der Waals surface area contributed by atoms with Gasteiger partial charge in [0.25, 0.3) is 11.4 Å². The van der Waals surface area contributed by atoms with Crippen LogP contribution in [0.2, 0.25) is 0 Å². The van der Waals surface area contributed by atoms with Crippen molar-refractivity contribution in [1.82, 2.24) is 9.97 Å². The molecule has 6 nitrogen and oxygen atoms in total. The summed E-state index contributed by atoms with van der Waals surface area (Å²) in [6.07, 6.45) is 0. The number of aromatic nitrogens is 2. The number of hydrogen-bond donors (Lipinski definition) is 0. The fourth-order valence-corrected chi connectivity index (χ4v) is 6.13. The number of allylic oxidation sites excluding steroid dienone is 2. The molecule has 0 aliphatic heterocycles. The average Bonchev–Trinajstić information content (AvgIpc) is 3.52.